The third kappa shape index (κ3) is 3.31. The van der Waals surface area contributed by atoms with Crippen LogP contribution in [0.3, 0.4) is 0 Å². The molecule has 1 unspecified atom stereocenters. The van der Waals surface area contributed by atoms with Crippen molar-refractivity contribution in [2.24, 2.45) is 0 Å². The first-order valence-electron chi connectivity index (χ1n) is 6.39. The maximum absolute atomic E-state index is 12.1. The number of nitrogens with one attached hydrogen (secondary N) is 1. The highest BCUT2D eigenvalue weighted by Gasteiger charge is 2.22. The van der Waals surface area contributed by atoms with Crippen LogP contribution in [-0.4, -0.2) is 38.2 Å². The van der Waals surface area contributed by atoms with Gasteiger partial charge in [-0.15, -0.1) is 0 Å². The molecule has 1 fully saturated rings. The average molecular weight is 249 g/mol. The smallest absolute Gasteiger partial charge is 0.182 e. The molecule has 0 aliphatic carbocycles. The van der Waals surface area contributed by atoms with E-state index in [-0.39, 0.29) is 11.8 Å². The highest BCUT2D eigenvalue weighted by Crippen LogP contribution is 2.14. The van der Waals surface area contributed by atoms with Crippen molar-refractivity contribution in [2.45, 2.75) is 19.4 Å². The van der Waals surface area contributed by atoms with Gasteiger partial charge in [0.15, 0.2) is 5.78 Å². The molecule has 4 nitrogen and oxygen atoms in total. The third-order valence-corrected chi connectivity index (χ3v) is 2.85. The summed E-state index contributed by atoms with van der Waals surface area (Å²) in [5.74, 6) is 0.887. The van der Waals surface area contributed by atoms with E-state index in [0.717, 1.165) is 18.7 Å². The van der Waals surface area contributed by atoms with Crippen molar-refractivity contribution >= 4 is 5.78 Å². The number of morpholine rings is 1. The minimum Gasteiger partial charge on any atom is -0.494 e. The van der Waals surface area contributed by atoms with Crippen molar-refractivity contribution in [3.8, 4) is 5.75 Å². The zero-order valence-corrected chi connectivity index (χ0v) is 10.6. The van der Waals surface area contributed by atoms with Crippen LogP contribution < -0.4 is 10.1 Å². The molecule has 0 spiro atoms. The number of rotatable bonds is 5. The number of hydrogen-bond acceptors (Lipinski definition) is 4. The molecule has 1 heterocycles. The number of benzene rings is 1. The number of carbonyl (C=O) groups excluding carboxylic acids is 1. The molecule has 2 rings (SSSR count). The first-order valence-corrected chi connectivity index (χ1v) is 6.39. The van der Waals surface area contributed by atoms with Crippen LogP contribution in [0.25, 0.3) is 0 Å². The van der Waals surface area contributed by atoms with Gasteiger partial charge in [-0.25, -0.2) is 0 Å². The average Bonchev–Trinajstić information content (AvgIpc) is 2.46. The molecule has 0 saturated carbocycles. The quantitative estimate of drug-likeness (QED) is 0.806. The monoisotopic (exact) mass is 249 g/mol. The highest BCUT2D eigenvalue weighted by atomic mass is 16.5. The van der Waals surface area contributed by atoms with Crippen molar-refractivity contribution in [2.75, 3.05) is 26.4 Å². The minimum atomic E-state index is -0.221. The fraction of sp³-hybridized carbons (Fsp3) is 0.500. The maximum atomic E-state index is 12.1. The second-order valence-electron chi connectivity index (χ2n) is 4.32. The second-order valence-corrected chi connectivity index (χ2v) is 4.32. The lowest BCUT2D eigenvalue weighted by Crippen LogP contribution is -2.46. The molecule has 1 aliphatic rings. The van der Waals surface area contributed by atoms with E-state index in [4.69, 9.17) is 9.47 Å². The Morgan fingerprint density at radius 3 is 2.83 bits per heavy atom. The van der Waals surface area contributed by atoms with E-state index >= 15 is 0 Å². The molecule has 1 N–H and O–H groups in total. The molecule has 0 aromatic heterocycles. The summed E-state index contributed by atoms with van der Waals surface area (Å²) in [7, 11) is 0. The molecule has 98 valence electrons. The molecule has 1 atom stereocenters. The Kier molecular flexibility index (Phi) is 4.73. The SMILES string of the molecule is CCCOc1ccc(C(=O)C2COCCN2)cc1. The van der Waals surface area contributed by atoms with Gasteiger partial charge in [-0.05, 0) is 30.7 Å². The lowest BCUT2D eigenvalue weighted by atomic mass is 10.0. The number of carbonyl (C=O) groups is 1. The normalized spacial score (nSPS) is 19.5. The number of ketones is 1. The Balaban J connectivity index is 1.97. The van der Waals surface area contributed by atoms with Gasteiger partial charge < -0.3 is 14.8 Å². The summed E-state index contributed by atoms with van der Waals surface area (Å²) in [5.41, 5.74) is 0.696. The lowest BCUT2D eigenvalue weighted by Gasteiger charge is -2.22. The Morgan fingerprint density at radius 2 is 2.22 bits per heavy atom. The predicted molar refractivity (Wildman–Crippen MR) is 69.2 cm³/mol. The van der Waals surface area contributed by atoms with Gasteiger partial charge in [0.2, 0.25) is 0 Å². The summed E-state index contributed by atoms with van der Waals surface area (Å²) in [6.07, 6.45) is 0.976. The summed E-state index contributed by atoms with van der Waals surface area (Å²) < 4.78 is 10.8. The van der Waals surface area contributed by atoms with Gasteiger partial charge in [-0.2, -0.15) is 0 Å². The minimum absolute atomic E-state index is 0.0803. The fourth-order valence-electron chi connectivity index (χ4n) is 1.87. The van der Waals surface area contributed by atoms with Crippen LogP contribution in [-0.2, 0) is 4.74 Å². The maximum Gasteiger partial charge on any atom is 0.182 e. The molecule has 18 heavy (non-hydrogen) atoms. The van der Waals surface area contributed by atoms with E-state index in [0.29, 0.717) is 25.4 Å². The summed E-state index contributed by atoms with van der Waals surface area (Å²) >= 11 is 0. The Labute approximate surface area is 107 Å². The fourth-order valence-corrected chi connectivity index (χ4v) is 1.87. The van der Waals surface area contributed by atoms with Gasteiger partial charge in [0, 0.05) is 12.1 Å². The molecule has 1 aliphatic heterocycles. The van der Waals surface area contributed by atoms with Crippen LogP contribution in [0.2, 0.25) is 0 Å². The Bertz CT molecular complexity index is 383. The van der Waals surface area contributed by atoms with Crippen LogP contribution in [0.5, 0.6) is 5.75 Å². The van der Waals surface area contributed by atoms with Crippen LogP contribution in [0.4, 0.5) is 0 Å². The topological polar surface area (TPSA) is 47.6 Å². The van der Waals surface area contributed by atoms with Crippen molar-refractivity contribution < 1.29 is 14.3 Å². The summed E-state index contributed by atoms with van der Waals surface area (Å²) in [6.45, 7) is 4.62. The highest BCUT2D eigenvalue weighted by molar-refractivity contribution is 6.00. The number of hydrogen-bond donors (Lipinski definition) is 1. The van der Waals surface area contributed by atoms with Gasteiger partial charge in [-0.1, -0.05) is 6.92 Å². The standard InChI is InChI=1S/C14H19NO3/c1-2-8-18-12-5-3-11(4-6-12)14(16)13-10-17-9-7-15-13/h3-6,13,15H,2,7-10H2,1H3. The van der Waals surface area contributed by atoms with Gasteiger partial charge in [0.1, 0.15) is 5.75 Å². The van der Waals surface area contributed by atoms with Crippen LogP contribution >= 0.6 is 0 Å². The molecule has 1 saturated heterocycles. The molecule has 4 heteroatoms. The van der Waals surface area contributed by atoms with E-state index in [2.05, 4.69) is 12.2 Å². The van der Waals surface area contributed by atoms with Gasteiger partial charge >= 0.3 is 0 Å². The Morgan fingerprint density at radius 1 is 1.44 bits per heavy atom. The number of ether oxygens (including phenoxy) is 2. The molecule has 0 radical (unpaired) electrons. The number of Topliss-reactive ketones (excluding diaryl/α,β-unsaturated/α-hetero) is 1. The molecular weight excluding hydrogens is 230 g/mol. The largest absolute Gasteiger partial charge is 0.494 e. The Hall–Kier alpha value is -1.39. The molecule has 1 aromatic rings. The van der Waals surface area contributed by atoms with Gasteiger partial charge in [0.25, 0.3) is 0 Å². The molecule has 1 aromatic carbocycles. The second kappa shape index (κ2) is 6.52. The van der Waals surface area contributed by atoms with Crippen LogP contribution in [0.15, 0.2) is 24.3 Å². The van der Waals surface area contributed by atoms with E-state index < -0.39 is 0 Å². The van der Waals surface area contributed by atoms with Gasteiger partial charge in [-0.3, -0.25) is 4.79 Å². The van der Waals surface area contributed by atoms with Crippen molar-refractivity contribution in [1.29, 1.82) is 0 Å². The lowest BCUT2D eigenvalue weighted by molar-refractivity contribution is 0.0607. The summed E-state index contributed by atoms with van der Waals surface area (Å²) in [5, 5.41) is 3.16. The summed E-state index contributed by atoms with van der Waals surface area (Å²) in [4.78, 5) is 12.1. The van der Waals surface area contributed by atoms with Crippen LogP contribution in [0, 0.1) is 0 Å². The van der Waals surface area contributed by atoms with Crippen molar-refractivity contribution in [3.63, 3.8) is 0 Å². The van der Waals surface area contributed by atoms with Crippen LogP contribution in [0.1, 0.15) is 23.7 Å². The zero-order chi connectivity index (χ0) is 12.8. The summed E-state index contributed by atoms with van der Waals surface area (Å²) in [6, 6.07) is 7.08. The third-order valence-electron chi connectivity index (χ3n) is 2.85. The zero-order valence-electron chi connectivity index (χ0n) is 10.6. The predicted octanol–water partition coefficient (Wildman–Crippen LogP) is 1.65. The molecule has 0 bridgehead atoms. The van der Waals surface area contributed by atoms with E-state index in [9.17, 15) is 4.79 Å². The first kappa shape index (κ1) is 13.1. The molecule has 0 amide bonds. The van der Waals surface area contributed by atoms with Crippen molar-refractivity contribution in [3.05, 3.63) is 29.8 Å². The van der Waals surface area contributed by atoms with E-state index in [1.807, 2.05) is 24.3 Å². The van der Waals surface area contributed by atoms with Gasteiger partial charge in [0.05, 0.1) is 25.9 Å². The van der Waals surface area contributed by atoms with E-state index in [1.54, 1.807) is 0 Å². The van der Waals surface area contributed by atoms with Crippen molar-refractivity contribution in [1.82, 2.24) is 5.32 Å². The van der Waals surface area contributed by atoms with E-state index in [1.165, 1.54) is 0 Å². The first-order chi connectivity index (χ1) is 8.81. The molecular formula is C14H19NO3.